The molecule has 0 radical (unpaired) electrons. The molecule has 0 aromatic heterocycles. The summed E-state index contributed by atoms with van der Waals surface area (Å²) >= 11 is 0. The second-order valence-corrected chi connectivity index (χ2v) is 7.66. The van der Waals surface area contributed by atoms with Crippen LogP contribution in [0, 0.1) is 17.0 Å². The lowest BCUT2D eigenvalue weighted by atomic mass is 9.76. The predicted octanol–water partition coefficient (Wildman–Crippen LogP) is 4.44. The Morgan fingerprint density at radius 1 is 1.22 bits per heavy atom. The van der Waals surface area contributed by atoms with Crippen molar-refractivity contribution in [3.05, 3.63) is 63.2 Å². The Bertz CT molecular complexity index is 996. The van der Waals surface area contributed by atoms with E-state index in [1.165, 1.54) is 30.4 Å². The molecule has 0 fully saturated rings. The van der Waals surface area contributed by atoms with E-state index in [0.29, 0.717) is 17.1 Å². The maximum absolute atomic E-state index is 11.2. The molecule has 0 aliphatic carbocycles. The summed E-state index contributed by atoms with van der Waals surface area (Å²) in [5, 5.41) is 11.2. The number of aryl methyl sites for hydroxylation is 1. The average molecular weight is 366 g/mol. The lowest BCUT2D eigenvalue weighted by molar-refractivity contribution is -0.385. The van der Waals surface area contributed by atoms with Gasteiger partial charge in [-0.3, -0.25) is 10.1 Å². The van der Waals surface area contributed by atoms with Gasteiger partial charge >= 0.3 is 0 Å². The fraction of sp³-hybridized carbons (Fsp3) is 0.333. The van der Waals surface area contributed by atoms with Gasteiger partial charge in [0.15, 0.2) is 11.5 Å². The Morgan fingerprint density at radius 3 is 2.63 bits per heavy atom. The number of likely N-dealkylation sites (N-methyl/N-ethyl adjacent to an activating group) is 1. The number of nitro groups is 1. The molecule has 2 aliphatic heterocycles. The van der Waals surface area contributed by atoms with Gasteiger partial charge in [0.05, 0.1) is 23.5 Å². The van der Waals surface area contributed by atoms with Crippen molar-refractivity contribution in [3.8, 4) is 11.5 Å². The molecule has 6 heteroatoms. The van der Waals surface area contributed by atoms with Gasteiger partial charge < -0.3 is 14.4 Å². The molecule has 0 bridgehead atoms. The Kier molecular flexibility index (Phi) is 3.54. The van der Waals surface area contributed by atoms with Crippen LogP contribution in [0.4, 0.5) is 11.4 Å². The second kappa shape index (κ2) is 5.49. The zero-order chi connectivity index (χ0) is 19.6. The van der Waals surface area contributed by atoms with Crippen molar-refractivity contribution in [2.24, 2.45) is 0 Å². The first-order chi connectivity index (χ1) is 12.7. The Hall–Kier alpha value is -3.02. The molecule has 0 saturated carbocycles. The van der Waals surface area contributed by atoms with Crippen molar-refractivity contribution in [2.75, 3.05) is 19.1 Å². The fourth-order valence-electron chi connectivity index (χ4n) is 4.25. The fourth-order valence-corrected chi connectivity index (χ4v) is 4.25. The van der Waals surface area contributed by atoms with Crippen LogP contribution < -0.4 is 14.4 Å². The Morgan fingerprint density at radius 2 is 1.96 bits per heavy atom. The minimum Gasteiger partial charge on any atom is -0.493 e. The first-order valence-electron chi connectivity index (χ1n) is 8.81. The van der Waals surface area contributed by atoms with Gasteiger partial charge in [0.2, 0.25) is 5.72 Å². The standard InChI is InChI=1S/C21H22N2O4/c1-13-6-7-16-17(10-13)22(4)21(20(16,2)3)9-8-14-11-15(23(24)25)12-18(26-5)19(14)27-21/h6-12H,1-5H3. The van der Waals surface area contributed by atoms with Crippen LogP contribution in [0.15, 0.2) is 36.4 Å². The minimum absolute atomic E-state index is 0.0206. The van der Waals surface area contributed by atoms with E-state index < -0.39 is 10.6 Å². The van der Waals surface area contributed by atoms with Gasteiger partial charge in [-0.05, 0) is 50.1 Å². The van der Waals surface area contributed by atoms with Crippen molar-refractivity contribution in [2.45, 2.75) is 31.9 Å². The van der Waals surface area contributed by atoms with Crippen LogP contribution >= 0.6 is 0 Å². The van der Waals surface area contributed by atoms with Crippen LogP contribution in [0.25, 0.3) is 6.08 Å². The monoisotopic (exact) mass is 366 g/mol. The molecule has 0 saturated heterocycles. The number of ether oxygens (including phenoxy) is 2. The molecule has 1 atom stereocenters. The maximum atomic E-state index is 11.2. The molecule has 6 nitrogen and oxygen atoms in total. The van der Waals surface area contributed by atoms with Gasteiger partial charge in [-0.15, -0.1) is 0 Å². The molecule has 140 valence electrons. The summed E-state index contributed by atoms with van der Waals surface area (Å²) in [6, 6.07) is 9.34. The van der Waals surface area contributed by atoms with Crippen molar-refractivity contribution in [1.29, 1.82) is 0 Å². The first-order valence-corrected chi connectivity index (χ1v) is 8.81. The van der Waals surface area contributed by atoms with Gasteiger partial charge in [-0.1, -0.05) is 12.1 Å². The molecule has 0 N–H and O–H groups in total. The lowest BCUT2D eigenvalue weighted by Crippen LogP contribution is -2.58. The van der Waals surface area contributed by atoms with Gasteiger partial charge in [-0.2, -0.15) is 0 Å². The summed E-state index contributed by atoms with van der Waals surface area (Å²) in [6.45, 7) is 6.37. The summed E-state index contributed by atoms with van der Waals surface area (Å²) in [7, 11) is 3.51. The van der Waals surface area contributed by atoms with Crippen LogP contribution in [0.1, 0.15) is 30.5 Å². The Labute approximate surface area is 158 Å². The number of hydrogen-bond donors (Lipinski definition) is 0. The molecule has 27 heavy (non-hydrogen) atoms. The number of non-ortho nitro benzene ring substituents is 1. The highest BCUT2D eigenvalue weighted by Gasteiger charge is 2.58. The summed E-state index contributed by atoms with van der Waals surface area (Å²) in [4.78, 5) is 12.9. The summed E-state index contributed by atoms with van der Waals surface area (Å²) in [5.41, 5.74) is 3.03. The molecule has 1 unspecified atom stereocenters. The zero-order valence-electron chi connectivity index (χ0n) is 16.1. The number of nitro benzene ring substituents is 1. The van der Waals surface area contributed by atoms with Gasteiger partial charge in [0, 0.05) is 24.4 Å². The molecule has 2 aromatic carbocycles. The quantitative estimate of drug-likeness (QED) is 0.581. The number of rotatable bonds is 2. The summed E-state index contributed by atoms with van der Waals surface area (Å²) in [5.74, 6) is 0.884. The highest BCUT2D eigenvalue weighted by atomic mass is 16.6. The van der Waals surface area contributed by atoms with E-state index >= 15 is 0 Å². The smallest absolute Gasteiger partial charge is 0.274 e. The van der Waals surface area contributed by atoms with Crippen LogP contribution in [-0.2, 0) is 5.41 Å². The van der Waals surface area contributed by atoms with E-state index in [2.05, 4.69) is 43.9 Å². The summed E-state index contributed by atoms with van der Waals surface area (Å²) in [6.07, 6.45) is 3.89. The maximum Gasteiger partial charge on any atom is 0.274 e. The molecule has 2 heterocycles. The minimum atomic E-state index is -0.750. The zero-order valence-corrected chi connectivity index (χ0v) is 16.1. The first kappa shape index (κ1) is 17.4. The van der Waals surface area contributed by atoms with Crippen molar-refractivity contribution < 1.29 is 14.4 Å². The van der Waals surface area contributed by atoms with E-state index in [4.69, 9.17) is 9.47 Å². The summed E-state index contributed by atoms with van der Waals surface area (Å²) < 4.78 is 12.0. The highest BCUT2D eigenvalue weighted by molar-refractivity contribution is 5.75. The van der Waals surface area contributed by atoms with Crippen LogP contribution in [0.5, 0.6) is 11.5 Å². The topological polar surface area (TPSA) is 64.8 Å². The number of fused-ring (bicyclic) bond motifs is 2. The second-order valence-electron chi connectivity index (χ2n) is 7.66. The highest BCUT2D eigenvalue weighted by Crippen LogP contribution is 2.55. The van der Waals surface area contributed by atoms with E-state index in [0.717, 1.165) is 5.69 Å². The number of anilines is 1. The van der Waals surface area contributed by atoms with Crippen molar-refractivity contribution >= 4 is 17.5 Å². The third kappa shape index (κ3) is 2.19. The molecular formula is C21H22N2O4. The lowest BCUT2D eigenvalue weighted by Gasteiger charge is -2.45. The molecule has 4 rings (SSSR count). The van der Waals surface area contributed by atoms with Crippen LogP contribution in [0.3, 0.4) is 0 Å². The SMILES string of the molecule is COc1cc([N+](=O)[O-])cc2c1OC1(C=C2)N(C)c2cc(C)ccc2C1(C)C. The van der Waals surface area contributed by atoms with Crippen molar-refractivity contribution in [1.82, 2.24) is 0 Å². The molecule has 2 aliphatic rings. The molecule has 1 spiro atoms. The van der Waals surface area contributed by atoms with E-state index in [9.17, 15) is 10.1 Å². The van der Waals surface area contributed by atoms with Gasteiger partial charge in [-0.25, -0.2) is 0 Å². The van der Waals surface area contributed by atoms with Gasteiger partial charge in [0.1, 0.15) is 0 Å². The van der Waals surface area contributed by atoms with Crippen LogP contribution in [-0.4, -0.2) is 24.8 Å². The molecular weight excluding hydrogens is 344 g/mol. The Balaban J connectivity index is 1.89. The third-order valence-corrected chi connectivity index (χ3v) is 5.83. The third-order valence-electron chi connectivity index (χ3n) is 5.83. The van der Waals surface area contributed by atoms with E-state index in [1.807, 2.05) is 19.2 Å². The largest absolute Gasteiger partial charge is 0.493 e. The van der Waals surface area contributed by atoms with E-state index in [-0.39, 0.29) is 11.1 Å². The number of hydrogen-bond acceptors (Lipinski definition) is 5. The average Bonchev–Trinajstić information content (AvgIpc) is 2.79. The molecule has 2 aromatic rings. The number of methoxy groups -OCH3 is 1. The molecule has 0 amide bonds. The predicted molar refractivity (Wildman–Crippen MR) is 105 cm³/mol. The number of nitrogens with zero attached hydrogens (tertiary/aromatic N) is 2. The van der Waals surface area contributed by atoms with E-state index in [1.54, 1.807) is 0 Å². The number of benzene rings is 2. The normalized spacial score (nSPS) is 21.6. The van der Waals surface area contributed by atoms with Gasteiger partial charge in [0.25, 0.3) is 5.69 Å². The van der Waals surface area contributed by atoms with Crippen molar-refractivity contribution in [3.63, 3.8) is 0 Å². The van der Waals surface area contributed by atoms with Crippen LogP contribution in [0.2, 0.25) is 0 Å².